The summed E-state index contributed by atoms with van der Waals surface area (Å²) in [4.78, 5) is 24.7. The zero-order chi connectivity index (χ0) is 26.4. The molecule has 0 spiro atoms. The van der Waals surface area contributed by atoms with E-state index < -0.39 is 17.8 Å². The molecule has 0 aliphatic heterocycles. The fraction of sp³-hybridized carbons (Fsp3) is 0.938. The standard InChI is InChI=1S/C32H60O4/c1-4-5-6-7-8-9-12-15-18-23-28(24-19-16-13-10-11-14-17-22-27(2)3)36-32(35)30-26-21-20-25-29(30)31(33)34/h27-30H,4-26H2,1-3H3,(H,33,34). The van der Waals surface area contributed by atoms with Gasteiger partial charge in [-0.1, -0.05) is 130 Å². The molecule has 3 unspecified atom stereocenters. The lowest BCUT2D eigenvalue weighted by Gasteiger charge is -2.29. The molecule has 3 atom stereocenters. The lowest BCUT2D eigenvalue weighted by molar-refractivity contribution is -0.164. The van der Waals surface area contributed by atoms with Gasteiger partial charge in [0.2, 0.25) is 0 Å². The zero-order valence-electron chi connectivity index (χ0n) is 24.2. The number of unbranched alkanes of at least 4 members (excludes halogenated alkanes) is 14. The fourth-order valence-electron chi connectivity index (χ4n) is 5.71. The highest BCUT2D eigenvalue weighted by atomic mass is 16.5. The molecule has 1 aliphatic carbocycles. The summed E-state index contributed by atoms with van der Waals surface area (Å²) in [6.07, 6.45) is 26.8. The van der Waals surface area contributed by atoms with Crippen molar-refractivity contribution in [2.75, 3.05) is 0 Å². The fourth-order valence-corrected chi connectivity index (χ4v) is 5.71. The molecule has 1 rings (SSSR count). The summed E-state index contributed by atoms with van der Waals surface area (Å²) >= 11 is 0. The van der Waals surface area contributed by atoms with Gasteiger partial charge in [0, 0.05) is 0 Å². The van der Waals surface area contributed by atoms with Crippen molar-refractivity contribution < 1.29 is 19.4 Å². The van der Waals surface area contributed by atoms with E-state index in [2.05, 4.69) is 20.8 Å². The SMILES string of the molecule is CCCCCCCCCCCC(CCCCCCCCCC(C)C)OC(=O)C1CCCCC1C(=O)O. The molecule has 1 aliphatic rings. The molecular weight excluding hydrogens is 448 g/mol. The third kappa shape index (κ3) is 16.6. The van der Waals surface area contributed by atoms with Gasteiger partial charge in [0.15, 0.2) is 0 Å². The Balaban J connectivity index is 2.36. The number of aliphatic carboxylic acids is 1. The van der Waals surface area contributed by atoms with Crippen LogP contribution in [0.15, 0.2) is 0 Å². The largest absolute Gasteiger partial charge is 0.481 e. The minimum Gasteiger partial charge on any atom is -0.481 e. The summed E-state index contributed by atoms with van der Waals surface area (Å²) in [7, 11) is 0. The van der Waals surface area contributed by atoms with Crippen LogP contribution in [0.4, 0.5) is 0 Å². The van der Waals surface area contributed by atoms with Crippen molar-refractivity contribution in [1.82, 2.24) is 0 Å². The van der Waals surface area contributed by atoms with Gasteiger partial charge in [-0.25, -0.2) is 0 Å². The number of hydrogen-bond acceptors (Lipinski definition) is 3. The second-order valence-electron chi connectivity index (χ2n) is 12.0. The molecule has 0 amide bonds. The van der Waals surface area contributed by atoms with E-state index in [4.69, 9.17) is 4.74 Å². The topological polar surface area (TPSA) is 63.6 Å². The maximum atomic E-state index is 13.0. The predicted molar refractivity (Wildman–Crippen MR) is 151 cm³/mol. The number of esters is 1. The van der Waals surface area contributed by atoms with Crippen molar-refractivity contribution in [3.05, 3.63) is 0 Å². The Morgan fingerprint density at radius 3 is 1.53 bits per heavy atom. The summed E-state index contributed by atoms with van der Waals surface area (Å²) < 4.78 is 6.02. The second kappa shape index (κ2) is 22.0. The van der Waals surface area contributed by atoms with E-state index in [1.165, 1.54) is 96.3 Å². The number of carboxylic acid groups (broad SMARTS) is 1. The first kappa shape index (κ1) is 33.0. The van der Waals surface area contributed by atoms with Gasteiger partial charge in [0.25, 0.3) is 0 Å². The van der Waals surface area contributed by atoms with E-state index in [0.29, 0.717) is 12.8 Å². The summed E-state index contributed by atoms with van der Waals surface area (Å²) in [5.41, 5.74) is 0. The first-order valence-electron chi connectivity index (χ1n) is 15.9. The van der Waals surface area contributed by atoms with E-state index in [1.54, 1.807) is 0 Å². The highest BCUT2D eigenvalue weighted by Gasteiger charge is 2.37. The minimum atomic E-state index is -0.833. The van der Waals surface area contributed by atoms with Gasteiger partial charge in [-0.2, -0.15) is 0 Å². The average Bonchev–Trinajstić information content (AvgIpc) is 2.86. The van der Waals surface area contributed by atoms with E-state index in [-0.39, 0.29) is 12.1 Å². The zero-order valence-corrected chi connectivity index (χ0v) is 24.2. The van der Waals surface area contributed by atoms with Crippen LogP contribution in [0.2, 0.25) is 0 Å². The molecule has 1 fully saturated rings. The normalized spacial score (nSPS) is 18.9. The first-order chi connectivity index (χ1) is 17.5. The highest BCUT2D eigenvalue weighted by molar-refractivity contribution is 5.81. The Bertz CT molecular complexity index is 544. The first-order valence-corrected chi connectivity index (χ1v) is 15.9. The maximum absolute atomic E-state index is 13.0. The molecule has 0 saturated heterocycles. The van der Waals surface area contributed by atoms with Crippen LogP contribution < -0.4 is 0 Å². The number of carbonyl (C=O) groups excluding carboxylic acids is 1. The van der Waals surface area contributed by atoms with Crippen molar-refractivity contribution in [1.29, 1.82) is 0 Å². The Labute approximate surface area is 223 Å². The van der Waals surface area contributed by atoms with E-state index in [0.717, 1.165) is 44.4 Å². The molecule has 4 heteroatoms. The van der Waals surface area contributed by atoms with Crippen molar-refractivity contribution in [3.8, 4) is 0 Å². The number of carbonyl (C=O) groups is 2. The monoisotopic (exact) mass is 508 g/mol. The van der Waals surface area contributed by atoms with E-state index in [9.17, 15) is 14.7 Å². The van der Waals surface area contributed by atoms with E-state index in [1.807, 2.05) is 0 Å². The molecule has 0 bridgehead atoms. The molecule has 0 radical (unpaired) electrons. The van der Waals surface area contributed by atoms with Crippen molar-refractivity contribution in [3.63, 3.8) is 0 Å². The van der Waals surface area contributed by atoms with Gasteiger partial charge in [-0.3, -0.25) is 9.59 Å². The molecular formula is C32H60O4. The molecule has 0 aromatic heterocycles. The third-order valence-electron chi connectivity index (χ3n) is 8.11. The lowest BCUT2D eigenvalue weighted by Crippen LogP contribution is -2.35. The van der Waals surface area contributed by atoms with Crippen molar-refractivity contribution >= 4 is 11.9 Å². The summed E-state index contributed by atoms with van der Waals surface area (Å²) in [6.45, 7) is 6.86. The van der Waals surface area contributed by atoms with Gasteiger partial charge in [-0.05, 0) is 44.4 Å². The maximum Gasteiger partial charge on any atom is 0.310 e. The Morgan fingerprint density at radius 2 is 1.08 bits per heavy atom. The summed E-state index contributed by atoms with van der Waals surface area (Å²) in [5.74, 6) is -1.27. The van der Waals surface area contributed by atoms with E-state index >= 15 is 0 Å². The van der Waals surface area contributed by atoms with Crippen LogP contribution in [0, 0.1) is 17.8 Å². The van der Waals surface area contributed by atoms with Gasteiger partial charge >= 0.3 is 11.9 Å². The van der Waals surface area contributed by atoms with Crippen molar-refractivity contribution in [2.45, 2.75) is 175 Å². The van der Waals surface area contributed by atoms with Crippen LogP contribution in [0.5, 0.6) is 0 Å². The Morgan fingerprint density at radius 1 is 0.667 bits per heavy atom. The molecule has 0 aromatic carbocycles. The predicted octanol–water partition coefficient (Wildman–Crippen LogP) is 9.88. The Kier molecular flexibility index (Phi) is 20.1. The molecule has 0 aromatic rings. The third-order valence-corrected chi connectivity index (χ3v) is 8.11. The highest BCUT2D eigenvalue weighted by Crippen LogP contribution is 2.32. The van der Waals surface area contributed by atoms with Gasteiger partial charge in [0.05, 0.1) is 11.8 Å². The smallest absolute Gasteiger partial charge is 0.310 e. The van der Waals surface area contributed by atoms with Gasteiger partial charge < -0.3 is 9.84 Å². The number of rotatable bonds is 23. The summed E-state index contributed by atoms with van der Waals surface area (Å²) in [5, 5.41) is 9.58. The summed E-state index contributed by atoms with van der Waals surface area (Å²) in [6, 6.07) is 0. The lowest BCUT2D eigenvalue weighted by atomic mass is 9.79. The molecule has 1 saturated carbocycles. The van der Waals surface area contributed by atoms with Crippen molar-refractivity contribution in [2.24, 2.45) is 17.8 Å². The molecule has 0 heterocycles. The van der Waals surface area contributed by atoms with Crippen LogP contribution in [0.25, 0.3) is 0 Å². The average molecular weight is 509 g/mol. The van der Waals surface area contributed by atoms with Gasteiger partial charge in [0.1, 0.15) is 6.10 Å². The molecule has 4 nitrogen and oxygen atoms in total. The number of ether oxygens (including phenoxy) is 1. The second-order valence-corrected chi connectivity index (χ2v) is 12.0. The molecule has 1 N–H and O–H groups in total. The Hall–Kier alpha value is -1.06. The van der Waals surface area contributed by atoms with Crippen LogP contribution in [-0.4, -0.2) is 23.1 Å². The van der Waals surface area contributed by atoms with Crippen LogP contribution >= 0.6 is 0 Å². The number of hydrogen-bond donors (Lipinski definition) is 1. The minimum absolute atomic E-state index is 0.0375. The number of carboxylic acids is 1. The molecule has 36 heavy (non-hydrogen) atoms. The molecule has 212 valence electrons. The van der Waals surface area contributed by atoms with Crippen LogP contribution in [-0.2, 0) is 14.3 Å². The quantitative estimate of drug-likeness (QED) is 0.110. The van der Waals surface area contributed by atoms with Gasteiger partial charge in [-0.15, -0.1) is 0 Å². The van der Waals surface area contributed by atoms with Crippen LogP contribution in [0.1, 0.15) is 168 Å². The van der Waals surface area contributed by atoms with Crippen LogP contribution in [0.3, 0.4) is 0 Å².